The molecule has 0 radical (unpaired) electrons. The van der Waals surface area contributed by atoms with Crippen LogP contribution in [0.2, 0.25) is 0 Å². The van der Waals surface area contributed by atoms with Gasteiger partial charge in [0.05, 0.1) is 12.1 Å². The lowest BCUT2D eigenvalue weighted by atomic mass is 9.96. The first-order valence-electron chi connectivity index (χ1n) is 8.81. The normalized spacial score (nSPS) is 17.6. The number of likely N-dealkylation sites (tertiary alicyclic amines) is 1. The molecule has 3 rings (SSSR count). The first-order chi connectivity index (χ1) is 12.5. The average molecular weight is 358 g/mol. The minimum Gasteiger partial charge on any atom is -0.357 e. The molecule has 1 atom stereocenters. The Hall–Kier alpha value is -2.55. The molecule has 0 bridgehead atoms. The third-order valence-corrected chi connectivity index (χ3v) is 4.65. The Bertz CT molecular complexity index is 755. The van der Waals surface area contributed by atoms with Gasteiger partial charge in [-0.15, -0.1) is 10.2 Å². The molecule has 2 aromatic rings. The fourth-order valence-corrected chi connectivity index (χ4v) is 3.27. The highest BCUT2D eigenvalue weighted by Gasteiger charge is 2.29. The van der Waals surface area contributed by atoms with Gasteiger partial charge >= 0.3 is 0 Å². The van der Waals surface area contributed by atoms with Crippen LogP contribution in [0.15, 0.2) is 12.4 Å². The second-order valence-corrected chi connectivity index (χ2v) is 6.91. The van der Waals surface area contributed by atoms with Crippen molar-refractivity contribution in [3.63, 3.8) is 0 Å². The highest BCUT2D eigenvalue weighted by molar-refractivity contribution is 5.93. The van der Waals surface area contributed by atoms with Crippen molar-refractivity contribution in [1.29, 1.82) is 0 Å². The van der Waals surface area contributed by atoms with Crippen LogP contribution in [0.3, 0.4) is 0 Å². The third kappa shape index (κ3) is 3.82. The zero-order valence-corrected chi connectivity index (χ0v) is 15.8. The molecule has 1 aliphatic heterocycles. The van der Waals surface area contributed by atoms with Gasteiger partial charge in [0.25, 0.3) is 5.91 Å². The van der Waals surface area contributed by atoms with Gasteiger partial charge in [-0.05, 0) is 26.9 Å². The molecule has 2 aromatic heterocycles. The van der Waals surface area contributed by atoms with Crippen molar-refractivity contribution in [3.05, 3.63) is 29.6 Å². The summed E-state index contributed by atoms with van der Waals surface area (Å²) >= 11 is 0. The van der Waals surface area contributed by atoms with E-state index in [1.165, 1.54) is 0 Å². The molecule has 0 spiro atoms. The van der Waals surface area contributed by atoms with Gasteiger partial charge in [0.1, 0.15) is 11.6 Å². The molecule has 3 heterocycles. The number of rotatable bonds is 5. The maximum Gasteiger partial charge on any atom is 0.257 e. The first-order valence-corrected chi connectivity index (χ1v) is 8.81. The summed E-state index contributed by atoms with van der Waals surface area (Å²) in [6, 6.07) is 0. The standard InChI is InChI=1S/C17H26N8O/c1-18-17-19-8-13(9-20-17)16(26)25-7-5-6-12(10-25)15-22-21-14(24(15)4)11-23(2)3/h8-9,12H,5-7,10-11H2,1-4H3,(H,18,19,20)/t12-/m0/s1. The summed E-state index contributed by atoms with van der Waals surface area (Å²) in [6.07, 6.45) is 5.10. The number of aromatic nitrogens is 5. The molecule has 0 aromatic carbocycles. The summed E-state index contributed by atoms with van der Waals surface area (Å²) in [7, 11) is 7.77. The first kappa shape index (κ1) is 18.2. The number of piperidine rings is 1. The topological polar surface area (TPSA) is 92.1 Å². The maximum absolute atomic E-state index is 12.8. The smallest absolute Gasteiger partial charge is 0.257 e. The van der Waals surface area contributed by atoms with Gasteiger partial charge in [0.15, 0.2) is 0 Å². The molecule has 0 unspecified atom stereocenters. The highest BCUT2D eigenvalue weighted by atomic mass is 16.2. The minimum absolute atomic E-state index is 0.0342. The third-order valence-electron chi connectivity index (χ3n) is 4.65. The van der Waals surface area contributed by atoms with Crippen LogP contribution >= 0.6 is 0 Å². The number of hydrogen-bond donors (Lipinski definition) is 1. The molecular weight excluding hydrogens is 332 g/mol. The summed E-state index contributed by atoms with van der Waals surface area (Å²) in [6.45, 7) is 2.13. The molecule has 1 fully saturated rings. The van der Waals surface area contributed by atoms with Crippen LogP contribution in [0.1, 0.15) is 40.8 Å². The lowest BCUT2D eigenvalue weighted by Crippen LogP contribution is -2.39. The van der Waals surface area contributed by atoms with E-state index in [9.17, 15) is 4.79 Å². The van der Waals surface area contributed by atoms with Crippen molar-refractivity contribution in [1.82, 2.24) is 34.5 Å². The fraction of sp³-hybridized carbons (Fsp3) is 0.588. The second kappa shape index (κ2) is 7.77. The van der Waals surface area contributed by atoms with Crippen molar-refractivity contribution < 1.29 is 4.79 Å². The van der Waals surface area contributed by atoms with E-state index in [1.807, 2.05) is 26.0 Å². The zero-order valence-electron chi connectivity index (χ0n) is 15.8. The van der Waals surface area contributed by atoms with Crippen molar-refractivity contribution in [2.45, 2.75) is 25.3 Å². The van der Waals surface area contributed by atoms with Crippen molar-refractivity contribution in [3.8, 4) is 0 Å². The molecule has 1 aliphatic rings. The Kier molecular flexibility index (Phi) is 5.46. The van der Waals surface area contributed by atoms with Gasteiger partial charge in [0.2, 0.25) is 5.95 Å². The number of hydrogen-bond acceptors (Lipinski definition) is 7. The minimum atomic E-state index is -0.0342. The summed E-state index contributed by atoms with van der Waals surface area (Å²) in [4.78, 5) is 25.0. The molecule has 1 saturated heterocycles. The predicted octanol–water partition coefficient (Wildman–Crippen LogP) is 0.728. The quantitative estimate of drug-likeness (QED) is 0.842. The molecule has 9 nitrogen and oxygen atoms in total. The van der Waals surface area contributed by atoms with Crippen LogP contribution in [0.25, 0.3) is 0 Å². The number of nitrogens with one attached hydrogen (secondary N) is 1. The van der Waals surface area contributed by atoms with Crippen molar-refractivity contribution in [2.75, 3.05) is 39.5 Å². The molecular formula is C17H26N8O. The van der Waals surface area contributed by atoms with Gasteiger partial charge in [-0.2, -0.15) is 0 Å². The van der Waals surface area contributed by atoms with Crippen LogP contribution < -0.4 is 5.32 Å². The number of amides is 1. The largest absolute Gasteiger partial charge is 0.357 e. The van der Waals surface area contributed by atoms with Gasteiger partial charge in [0, 0.05) is 45.5 Å². The molecule has 0 saturated carbocycles. The number of carbonyl (C=O) groups excluding carboxylic acids is 1. The fourth-order valence-electron chi connectivity index (χ4n) is 3.27. The zero-order chi connectivity index (χ0) is 18.7. The van der Waals surface area contributed by atoms with E-state index in [4.69, 9.17) is 0 Å². The Balaban J connectivity index is 1.72. The highest BCUT2D eigenvalue weighted by Crippen LogP contribution is 2.26. The average Bonchev–Trinajstić information content (AvgIpc) is 3.01. The summed E-state index contributed by atoms with van der Waals surface area (Å²) in [5.41, 5.74) is 0.510. The molecule has 1 amide bonds. The van der Waals surface area contributed by atoms with Crippen molar-refractivity contribution >= 4 is 11.9 Å². The summed E-state index contributed by atoms with van der Waals surface area (Å²) in [5.74, 6) is 2.54. The van der Waals surface area contributed by atoms with Crippen LogP contribution in [0.4, 0.5) is 5.95 Å². The SMILES string of the molecule is CNc1ncc(C(=O)N2CCC[C@H](c3nnc(CN(C)C)n3C)C2)cn1. The van der Waals surface area contributed by atoms with E-state index in [0.29, 0.717) is 18.1 Å². The van der Waals surface area contributed by atoms with E-state index >= 15 is 0 Å². The molecule has 26 heavy (non-hydrogen) atoms. The van der Waals surface area contributed by atoms with E-state index in [1.54, 1.807) is 19.4 Å². The van der Waals surface area contributed by atoms with Crippen LogP contribution in [-0.2, 0) is 13.6 Å². The Labute approximate surface area is 153 Å². The number of carbonyl (C=O) groups is 1. The summed E-state index contributed by atoms with van der Waals surface area (Å²) in [5, 5.41) is 11.6. The monoisotopic (exact) mass is 358 g/mol. The van der Waals surface area contributed by atoms with Gasteiger partial charge in [-0.3, -0.25) is 4.79 Å². The molecule has 9 heteroatoms. The summed E-state index contributed by atoms with van der Waals surface area (Å²) < 4.78 is 2.06. The number of anilines is 1. The molecule has 1 N–H and O–H groups in total. The van der Waals surface area contributed by atoms with E-state index in [2.05, 4.69) is 34.9 Å². The number of nitrogens with zero attached hydrogens (tertiary/aromatic N) is 7. The lowest BCUT2D eigenvalue weighted by Gasteiger charge is -2.32. The van der Waals surface area contributed by atoms with Crippen LogP contribution in [0.5, 0.6) is 0 Å². The predicted molar refractivity (Wildman–Crippen MR) is 97.9 cm³/mol. The Morgan fingerprint density at radius 2 is 2.04 bits per heavy atom. The maximum atomic E-state index is 12.8. The Morgan fingerprint density at radius 3 is 2.69 bits per heavy atom. The van der Waals surface area contributed by atoms with Crippen LogP contribution in [0, 0.1) is 0 Å². The van der Waals surface area contributed by atoms with Crippen molar-refractivity contribution in [2.24, 2.45) is 7.05 Å². The Morgan fingerprint density at radius 1 is 1.31 bits per heavy atom. The van der Waals surface area contributed by atoms with Gasteiger partial charge < -0.3 is 19.7 Å². The second-order valence-electron chi connectivity index (χ2n) is 6.91. The lowest BCUT2D eigenvalue weighted by molar-refractivity contribution is 0.0702. The van der Waals surface area contributed by atoms with E-state index in [0.717, 1.165) is 37.6 Å². The molecule has 0 aliphatic carbocycles. The van der Waals surface area contributed by atoms with E-state index < -0.39 is 0 Å². The molecule has 140 valence electrons. The van der Waals surface area contributed by atoms with Gasteiger partial charge in [-0.1, -0.05) is 0 Å². The van der Waals surface area contributed by atoms with E-state index in [-0.39, 0.29) is 11.8 Å². The van der Waals surface area contributed by atoms with Gasteiger partial charge in [-0.25, -0.2) is 9.97 Å². The van der Waals surface area contributed by atoms with Crippen LogP contribution in [-0.4, -0.2) is 74.7 Å².